The summed E-state index contributed by atoms with van der Waals surface area (Å²) in [6.07, 6.45) is 3.05. The summed E-state index contributed by atoms with van der Waals surface area (Å²) >= 11 is 0. The van der Waals surface area contributed by atoms with Gasteiger partial charge in [-0.1, -0.05) is 0 Å². The van der Waals surface area contributed by atoms with Crippen LogP contribution in [0, 0.1) is 5.92 Å². The Labute approximate surface area is 44.3 Å². The average Bonchev–Trinajstić information content (AvgIpc) is 2.22. The second-order valence-corrected chi connectivity index (χ2v) is 2.90. The van der Waals surface area contributed by atoms with Crippen LogP contribution in [0.25, 0.3) is 0 Å². The molecule has 0 aromatic carbocycles. The zero-order valence-corrected chi connectivity index (χ0v) is 4.61. The van der Waals surface area contributed by atoms with Gasteiger partial charge in [-0.3, -0.25) is 0 Å². The maximum absolute atomic E-state index is 1.87. The minimum absolute atomic E-state index is 1.13. The van der Waals surface area contributed by atoms with Crippen LogP contribution in [0.1, 0.15) is 12.8 Å². The lowest BCUT2D eigenvalue weighted by molar-refractivity contribution is -0.878. The zero-order valence-electron chi connectivity index (χ0n) is 4.61. The Hall–Kier alpha value is -0.0400. The highest BCUT2D eigenvalue weighted by molar-refractivity contribution is 4.67. The lowest BCUT2D eigenvalue weighted by Crippen LogP contribution is -3.08. The van der Waals surface area contributed by atoms with E-state index in [1.165, 1.54) is 32.5 Å². The number of rotatable bonds is 0. The molecular weight excluding hydrogens is 86.1 g/mol. The van der Waals surface area contributed by atoms with Gasteiger partial charge in [0.25, 0.3) is 0 Å². The molecule has 0 atom stereocenters. The summed E-state index contributed by atoms with van der Waals surface area (Å²) in [7, 11) is 0. The van der Waals surface area contributed by atoms with E-state index in [0.29, 0.717) is 0 Å². The predicted octanol–water partition coefficient (Wildman–Crippen LogP) is -0.705. The molecule has 2 fully saturated rings. The number of hydrogen-bond donors (Lipinski definition) is 1. The number of nitrogens with one attached hydrogen (secondary N) is 1. The zero-order chi connectivity index (χ0) is 4.69. The molecule has 2 saturated heterocycles. The van der Waals surface area contributed by atoms with Crippen LogP contribution < -0.4 is 4.90 Å². The van der Waals surface area contributed by atoms with Gasteiger partial charge in [-0.15, -0.1) is 0 Å². The van der Waals surface area contributed by atoms with Crippen LogP contribution in [0.3, 0.4) is 0 Å². The molecule has 2 bridgehead atoms. The molecule has 0 spiro atoms. The maximum atomic E-state index is 1.87. The first-order valence-electron chi connectivity index (χ1n) is 3.29. The molecule has 0 unspecified atom stereocenters. The highest BCUT2D eigenvalue weighted by atomic mass is 15.2. The van der Waals surface area contributed by atoms with Gasteiger partial charge in [0.2, 0.25) is 0 Å². The fourth-order valence-corrected chi connectivity index (χ4v) is 1.90. The van der Waals surface area contributed by atoms with Crippen LogP contribution in [-0.4, -0.2) is 19.6 Å². The Morgan fingerprint density at radius 3 is 2.00 bits per heavy atom. The first-order valence-corrected chi connectivity index (χ1v) is 3.29. The molecule has 0 amide bonds. The van der Waals surface area contributed by atoms with Crippen LogP contribution in [-0.2, 0) is 0 Å². The highest BCUT2D eigenvalue weighted by Gasteiger charge is 2.32. The Morgan fingerprint density at radius 2 is 1.86 bits per heavy atom. The fourth-order valence-electron chi connectivity index (χ4n) is 1.90. The largest absolute Gasteiger partial charge is 0.335 e. The van der Waals surface area contributed by atoms with E-state index in [2.05, 4.69) is 0 Å². The molecule has 2 rings (SSSR count). The molecule has 40 valence electrons. The average molecular weight is 98.2 g/mol. The van der Waals surface area contributed by atoms with Crippen LogP contribution in [0.15, 0.2) is 0 Å². The van der Waals surface area contributed by atoms with Crippen molar-refractivity contribution in [2.75, 3.05) is 19.6 Å². The van der Waals surface area contributed by atoms with Crippen molar-refractivity contribution in [1.82, 2.24) is 0 Å². The molecular formula is C6H12N+. The van der Waals surface area contributed by atoms with Gasteiger partial charge < -0.3 is 4.90 Å². The highest BCUT2D eigenvalue weighted by Crippen LogP contribution is 2.12. The second-order valence-electron chi connectivity index (χ2n) is 2.90. The fraction of sp³-hybridized carbons (Fsp3) is 1.00. The Kier molecular flexibility index (Phi) is 0.680. The summed E-state index contributed by atoms with van der Waals surface area (Å²) in [4.78, 5) is 1.87. The van der Waals surface area contributed by atoms with Crippen molar-refractivity contribution in [3.05, 3.63) is 0 Å². The van der Waals surface area contributed by atoms with Gasteiger partial charge in [0.15, 0.2) is 0 Å². The molecule has 1 nitrogen and oxygen atoms in total. The van der Waals surface area contributed by atoms with E-state index in [4.69, 9.17) is 0 Å². The smallest absolute Gasteiger partial charge is 0.0803 e. The lowest BCUT2D eigenvalue weighted by Gasteiger charge is -2.06. The van der Waals surface area contributed by atoms with Crippen molar-refractivity contribution in [3.8, 4) is 0 Å². The lowest BCUT2D eigenvalue weighted by atomic mass is 10.1. The summed E-state index contributed by atoms with van der Waals surface area (Å²) in [6, 6.07) is 0. The van der Waals surface area contributed by atoms with Crippen LogP contribution in [0.2, 0.25) is 0 Å². The van der Waals surface area contributed by atoms with Gasteiger partial charge in [0.05, 0.1) is 19.6 Å². The molecule has 1 N–H and O–H groups in total. The third kappa shape index (κ3) is 0.480. The van der Waals surface area contributed by atoms with E-state index in [0.717, 1.165) is 5.92 Å². The summed E-state index contributed by atoms with van der Waals surface area (Å²) in [6.45, 7) is 4.45. The van der Waals surface area contributed by atoms with Crippen molar-refractivity contribution in [1.29, 1.82) is 0 Å². The molecule has 0 aromatic rings. The first-order chi connectivity index (χ1) is 3.45. The van der Waals surface area contributed by atoms with Gasteiger partial charge in [-0.05, 0) is 0 Å². The minimum atomic E-state index is 1.13. The van der Waals surface area contributed by atoms with Crippen molar-refractivity contribution >= 4 is 0 Å². The van der Waals surface area contributed by atoms with Gasteiger partial charge in [-0.25, -0.2) is 0 Å². The number of hydrogen-bond acceptors (Lipinski definition) is 0. The van der Waals surface area contributed by atoms with Crippen LogP contribution in [0.5, 0.6) is 0 Å². The summed E-state index contributed by atoms with van der Waals surface area (Å²) in [5.41, 5.74) is 0. The van der Waals surface area contributed by atoms with Crippen LogP contribution >= 0.6 is 0 Å². The Balaban J connectivity index is 2.12. The first kappa shape index (κ1) is 3.90. The number of quaternary nitrogens is 1. The molecule has 0 saturated carbocycles. The van der Waals surface area contributed by atoms with E-state index in [1.807, 2.05) is 4.90 Å². The minimum Gasteiger partial charge on any atom is -0.335 e. The monoisotopic (exact) mass is 98.1 g/mol. The van der Waals surface area contributed by atoms with Gasteiger partial charge in [0, 0.05) is 18.8 Å². The molecule has 7 heavy (non-hydrogen) atoms. The van der Waals surface area contributed by atoms with Gasteiger partial charge in [-0.2, -0.15) is 0 Å². The number of piperidine rings is 1. The molecule has 1 heteroatoms. The summed E-state index contributed by atoms with van der Waals surface area (Å²) in [5, 5.41) is 0. The third-order valence-corrected chi connectivity index (χ3v) is 2.39. The molecule has 2 aliphatic heterocycles. The van der Waals surface area contributed by atoms with E-state index in [1.54, 1.807) is 0 Å². The van der Waals surface area contributed by atoms with Crippen molar-refractivity contribution in [2.24, 2.45) is 5.92 Å². The van der Waals surface area contributed by atoms with E-state index < -0.39 is 0 Å². The normalized spacial score (nSPS) is 48.0. The van der Waals surface area contributed by atoms with Gasteiger partial charge in [0.1, 0.15) is 0 Å². The van der Waals surface area contributed by atoms with Crippen molar-refractivity contribution in [2.45, 2.75) is 12.8 Å². The topological polar surface area (TPSA) is 4.44 Å². The Bertz CT molecular complexity index is 62.2. The molecule has 0 aliphatic carbocycles. The molecule has 0 radical (unpaired) electrons. The van der Waals surface area contributed by atoms with Crippen molar-refractivity contribution in [3.63, 3.8) is 0 Å². The quantitative estimate of drug-likeness (QED) is 0.408. The van der Waals surface area contributed by atoms with E-state index in [-0.39, 0.29) is 0 Å². The SMILES string of the molecule is C1C[NH+]2CCC1C2. The van der Waals surface area contributed by atoms with E-state index in [9.17, 15) is 0 Å². The molecule has 2 aliphatic rings. The van der Waals surface area contributed by atoms with Crippen LogP contribution in [0.4, 0.5) is 0 Å². The Morgan fingerprint density at radius 1 is 1.14 bits per heavy atom. The second kappa shape index (κ2) is 1.22. The molecule has 0 aromatic heterocycles. The van der Waals surface area contributed by atoms with E-state index >= 15 is 0 Å². The third-order valence-electron chi connectivity index (χ3n) is 2.39. The standard InChI is InChI=1S/C6H11N/c1-3-7-4-2-6(1)5-7/h6H,1-5H2/p+1. The predicted molar refractivity (Wildman–Crippen MR) is 28.3 cm³/mol. The number of fused-ring (bicyclic) bond motifs is 2. The summed E-state index contributed by atoms with van der Waals surface area (Å²) < 4.78 is 0. The van der Waals surface area contributed by atoms with Crippen molar-refractivity contribution < 1.29 is 4.90 Å². The summed E-state index contributed by atoms with van der Waals surface area (Å²) in [5.74, 6) is 1.13. The maximum Gasteiger partial charge on any atom is 0.0803 e. The van der Waals surface area contributed by atoms with Gasteiger partial charge >= 0.3 is 0 Å². The molecule has 2 heterocycles.